The van der Waals surface area contributed by atoms with E-state index in [0.717, 1.165) is 19.4 Å². The number of sulfonamides is 1. The summed E-state index contributed by atoms with van der Waals surface area (Å²) in [5.74, 6) is 0.461. The molecule has 0 aromatic carbocycles. The normalized spacial score (nSPS) is 25.6. The summed E-state index contributed by atoms with van der Waals surface area (Å²) in [6, 6.07) is 0.443. The van der Waals surface area contributed by atoms with Gasteiger partial charge in [-0.1, -0.05) is 13.8 Å². The van der Waals surface area contributed by atoms with Crippen molar-refractivity contribution in [3.8, 4) is 0 Å². The number of hydrogen-bond acceptors (Lipinski definition) is 4. The monoisotopic (exact) mass is 292 g/mol. The van der Waals surface area contributed by atoms with Crippen molar-refractivity contribution in [1.82, 2.24) is 9.62 Å². The second-order valence-corrected chi connectivity index (χ2v) is 7.29. The van der Waals surface area contributed by atoms with Crippen LogP contribution >= 0.6 is 0 Å². The predicted octanol–water partition coefficient (Wildman–Crippen LogP) is 1.06. The molecule has 1 fully saturated rings. The number of piperidine rings is 1. The number of ether oxygens (including phenoxy) is 1. The van der Waals surface area contributed by atoms with Crippen LogP contribution in [0, 0.1) is 5.92 Å². The molecule has 0 spiro atoms. The van der Waals surface area contributed by atoms with Crippen LogP contribution in [0.4, 0.5) is 0 Å². The summed E-state index contributed by atoms with van der Waals surface area (Å²) in [7, 11) is -3.15. The van der Waals surface area contributed by atoms with Gasteiger partial charge >= 0.3 is 0 Å². The van der Waals surface area contributed by atoms with Gasteiger partial charge in [0, 0.05) is 25.7 Å². The molecule has 0 aromatic rings. The molecule has 2 unspecified atom stereocenters. The maximum absolute atomic E-state index is 12.2. The van der Waals surface area contributed by atoms with Crippen molar-refractivity contribution in [1.29, 1.82) is 0 Å². The Bertz CT molecular complexity index is 346. The van der Waals surface area contributed by atoms with Crippen molar-refractivity contribution < 1.29 is 13.2 Å². The molecule has 2 atom stereocenters. The third kappa shape index (κ3) is 5.38. The zero-order chi connectivity index (χ0) is 14.3. The van der Waals surface area contributed by atoms with Crippen LogP contribution in [0.15, 0.2) is 0 Å². The van der Waals surface area contributed by atoms with Gasteiger partial charge in [0.25, 0.3) is 0 Å². The van der Waals surface area contributed by atoms with E-state index in [2.05, 4.69) is 19.2 Å². The van der Waals surface area contributed by atoms with E-state index in [0.29, 0.717) is 38.3 Å². The Morgan fingerprint density at radius 3 is 2.68 bits per heavy atom. The van der Waals surface area contributed by atoms with Crippen LogP contribution in [-0.4, -0.2) is 57.4 Å². The molecule has 1 heterocycles. The summed E-state index contributed by atoms with van der Waals surface area (Å²) >= 11 is 0. The summed E-state index contributed by atoms with van der Waals surface area (Å²) < 4.78 is 31.1. The molecule has 1 saturated heterocycles. The smallest absolute Gasteiger partial charge is 0.216 e. The molecule has 1 aliphatic rings. The first kappa shape index (κ1) is 16.9. The van der Waals surface area contributed by atoms with Crippen molar-refractivity contribution >= 4 is 10.0 Å². The fourth-order valence-electron chi connectivity index (χ4n) is 2.43. The summed E-state index contributed by atoms with van der Waals surface area (Å²) in [6.45, 7) is 9.25. The quantitative estimate of drug-likeness (QED) is 0.680. The molecule has 0 saturated carbocycles. The van der Waals surface area contributed by atoms with E-state index in [1.165, 1.54) is 0 Å². The molecule has 0 aliphatic carbocycles. The highest BCUT2D eigenvalue weighted by molar-refractivity contribution is 7.89. The van der Waals surface area contributed by atoms with Gasteiger partial charge in [-0.05, 0) is 32.2 Å². The average molecular weight is 292 g/mol. The number of nitrogens with zero attached hydrogens (tertiary/aromatic N) is 1. The molecule has 6 heteroatoms. The summed E-state index contributed by atoms with van der Waals surface area (Å²) in [6.07, 6.45) is 2.01. The lowest BCUT2D eigenvalue weighted by atomic mass is 9.95. The fraction of sp³-hybridized carbons (Fsp3) is 1.00. The van der Waals surface area contributed by atoms with Gasteiger partial charge in [0.1, 0.15) is 0 Å². The molecule has 1 N–H and O–H groups in total. The number of nitrogens with one attached hydrogen (secondary N) is 1. The highest BCUT2D eigenvalue weighted by atomic mass is 32.2. The van der Waals surface area contributed by atoms with E-state index in [4.69, 9.17) is 4.74 Å². The second kappa shape index (κ2) is 8.19. The largest absolute Gasteiger partial charge is 0.381 e. The first-order valence-corrected chi connectivity index (χ1v) is 8.91. The van der Waals surface area contributed by atoms with E-state index >= 15 is 0 Å². The van der Waals surface area contributed by atoms with E-state index in [1.54, 1.807) is 4.31 Å². The minimum Gasteiger partial charge on any atom is -0.381 e. The van der Waals surface area contributed by atoms with E-state index in [1.807, 2.05) is 6.92 Å². The van der Waals surface area contributed by atoms with Gasteiger partial charge in [-0.3, -0.25) is 0 Å². The lowest BCUT2D eigenvalue weighted by Gasteiger charge is -2.36. The second-order valence-electron chi connectivity index (χ2n) is 5.20. The SMILES string of the molecule is CCCNC1CCN(S(=O)(=O)CCOCC)CC1C. The van der Waals surface area contributed by atoms with Crippen LogP contribution in [0.2, 0.25) is 0 Å². The van der Waals surface area contributed by atoms with Gasteiger partial charge in [0.15, 0.2) is 0 Å². The van der Waals surface area contributed by atoms with Gasteiger partial charge in [-0.25, -0.2) is 12.7 Å². The zero-order valence-corrected chi connectivity index (χ0v) is 13.2. The highest BCUT2D eigenvalue weighted by Crippen LogP contribution is 2.19. The summed E-state index contributed by atoms with van der Waals surface area (Å²) in [4.78, 5) is 0. The van der Waals surface area contributed by atoms with Crippen LogP contribution in [-0.2, 0) is 14.8 Å². The van der Waals surface area contributed by atoms with Crippen LogP contribution in [0.5, 0.6) is 0 Å². The maximum Gasteiger partial charge on any atom is 0.216 e. The van der Waals surface area contributed by atoms with E-state index < -0.39 is 10.0 Å². The van der Waals surface area contributed by atoms with Crippen molar-refractivity contribution in [2.24, 2.45) is 5.92 Å². The summed E-state index contributed by atoms with van der Waals surface area (Å²) in [5, 5.41) is 3.50. The highest BCUT2D eigenvalue weighted by Gasteiger charge is 2.31. The molecular formula is C13H28N2O3S. The molecule has 1 aliphatic heterocycles. The molecule has 0 aromatic heterocycles. The minimum atomic E-state index is -3.15. The van der Waals surface area contributed by atoms with Crippen LogP contribution < -0.4 is 5.32 Å². The predicted molar refractivity (Wildman–Crippen MR) is 77.7 cm³/mol. The Labute approximate surface area is 117 Å². The third-order valence-electron chi connectivity index (χ3n) is 3.61. The van der Waals surface area contributed by atoms with Gasteiger partial charge in [0.05, 0.1) is 12.4 Å². The van der Waals surface area contributed by atoms with E-state index in [-0.39, 0.29) is 5.75 Å². The zero-order valence-electron chi connectivity index (χ0n) is 12.4. The maximum atomic E-state index is 12.2. The van der Waals surface area contributed by atoms with Gasteiger partial charge < -0.3 is 10.1 Å². The Morgan fingerprint density at radius 2 is 2.11 bits per heavy atom. The molecule has 0 bridgehead atoms. The van der Waals surface area contributed by atoms with Crippen LogP contribution in [0.3, 0.4) is 0 Å². The van der Waals surface area contributed by atoms with Crippen molar-refractivity contribution in [2.45, 2.75) is 39.7 Å². The lowest BCUT2D eigenvalue weighted by molar-refractivity contribution is 0.160. The molecule has 1 rings (SSSR count). The molecule has 5 nitrogen and oxygen atoms in total. The average Bonchev–Trinajstić information content (AvgIpc) is 2.37. The standard InChI is InChI=1S/C13H28N2O3S/c1-4-7-14-13-6-8-15(11-12(13)3)19(16,17)10-9-18-5-2/h12-14H,4-11H2,1-3H3. The summed E-state index contributed by atoms with van der Waals surface area (Å²) in [5.41, 5.74) is 0. The first-order chi connectivity index (χ1) is 9.01. The number of hydrogen-bond donors (Lipinski definition) is 1. The Hall–Kier alpha value is -0.170. The molecule has 0 radical (unpaired) electrons. The van der Waals surface area contributed by atoms with E-state index in [9.17, 15) is 8.42 Å². The molecule has 19 heavy (non-hydrogen) atoms. The van der Waals surface area contributed by atoms with Crippen LogP contribution in [0.1, 0.15) is 33.6 Å². The number of rotatable bonds is 8. The molecular weight excluding hydrogens is 264 g/mol. The minimum absolute atomic E-state index is 0.0978. The van der Waals surface area contributed by atoms with Crippen molar-refractivity contribution in [3.05, 3.63) is 0 Å². The molecule has 0 amide bonds. The first-order valence-electron chi connectivity index (χ1n) is 7.30. The van der Waals surface area contributed by atoms with Crippen molar-refractivity contribution in [3.63, 3.8) is 0 Å². The Morgan fingerprint density at radius 1 is 1.37 bits per heavy atom. The van der Waals surface area contributed by atoms with Gasteiger partial charge in [0.2, 0.25) is 10.0 Å². The van der Waals surface area contributed by atoms with Gasteiger partial charge in [-0.2, -0.15) is 0 Å². The van der Waals surface area contributed by atoms with Crippen molar-refractivity contribution in [2.75, 3.05) is 38.6 Å². The fourth-order valence-corrected chi connectivity index (χ4v) is 3.86. The molecule has 114 valence electrons. The Kier molecular flexibility index (Phi) is 7.28. The van der Waals surface area contributed by atoms with Gasteiger partial charge in [-0.15, -0.1) is 0 Å². The Balaban J connectivity index is 2.45. The third-order valence-corrected chi connectivity index (χ3v) is 5.41. The topological polar surface area (TPSA) is 58.6 Å². The van der Waals surface area contributed by atoms with Crippen LogP contribution in [0.25, 0.3) is 0 Å². The lowest BCUT2D eigenvalue weighted by Crippen LogP contribution is -2.50.